The Kier molecular flexibility index (Phi) is 9.00. The molecule has 2 fully saturated rings. The number of carbonyl (C=O) groups is 1. The van der Waals surface area contributed by atoms with Crippen LogP contribution in [-0.2, 0) is 9.16 Å². The number of amides is 1. The largest absolute Gasteiger partial charge is 0.493 e. The van der Waals surface area contributed by atoms with Crippen LogP contribution in [0.3, 0.4) is 0 Å². The lowest BCUT2D eigenvalue weighted by molar-refractivity contribution is -0.118. The molecule has 206 valence electrons. The van der Waals surface area contributed by atoms with Crippen molar-refractivity contribution in [2.75, 3.05) is 32.8 Å². The van der Waals surface area contributed by atoms with Gasteiger partial charge in [0.05, 0.1) is 24.3 Å². The number of benzene rings is 1. The molecule has 3 unspecified atom stereocenters. The first kappa shape index (κ1) is 29.4. The molecule has 0 spiro atoms. The molecule has 1 aromatic rings. The SMILES string of the molecule is CC(C)(C)OC(=O)N1CC2CN(C(CCOc3ccc(C#N)cc3)O[Si](C)(C)C(C)(C)C)CC(C1)C2O. The van der Waals surface area contributed by atoms with E-state index >= 15 is 0 Å². The maximum atomic E-state index is 12.7. The molecule has 2 bridgehead atoms. The van der Waals surface area contributed by atoms with Crippen molar-refractivity contribution in [2.24, 2.45) is 11.8 Å². The van der Waals surface area contributed by atoms with Gasteiger partial charge < -0.3 is 23.9 Å². The summed E-state index contributed by atoms with van der Waals surface area (Å²) >= 11 is 0. The van der Waals surface area contributed by atoms with E-state index in [1.165, 1.54) is 0 Å². The maximum absolute atomic E-state index is 12.7. The molecule has 1 aromatic carbocycles. The summed E-state index contributed by atoms with van der Waals surface area (Å²) in [6.45, 7) is 19.5. The number of ether oxygens (including phenoxy) is 2. The van der Waals surface area contributed by atoms with Crippen molar-refractivity contribution in [3.05, 3.63) is 29.8 Å². The van der Waals surface area contributed by atoms with E-state index in [-0.39, 0.29) is 29.2 Å². The minimum absolute atomic E-state index is 0.0535. The summed E-state index contributed by atoms with van der Waals surface area (Å²) in [6.07, 6.45) is -0.228. The van der Waals surface area contributed by atoms with Crippen LogP contribution in [0.25, 0.3) is 0 Å². The Bertz CT molecular complexity index is 948. The Morgan fingerprint density at radius 2 is 1.65 bits per heavy atom. The highest BCUT2D eigenvalue weighted by atomic mass is 28.4. The van der Waals surface area contributed by atoms with Gasteiger partial charge in [0.25, 0.3) is 0 Å². The van der Waals surface area contributed by atoms with E-state index in [1.54, 1.807) is 17.0 Å². The minimum Gasteiger partial charge on any atom is -0.493 e. The predicted molar refractivity (Wildman–Crippen MR) is 146 cm³/mol. The molecule has 2 aliphatic rings. The van der Waals surface area contributed by atoms with E-state index in [0.717, 1.165) is 5.75 Å². The summed E-state index contributed by atoms with van der Waals surface area (Å²) in [4.78, 5) is 16.8. The second-order valence-electron chi connectivity index (χ2n) is 13.0. The first-order chi connectivity index (χ1) is 17.1. The summed E-state index contributed by atoms with van der Waals surface area (Å²) in [5.74, 6) is 0.596. The van der Waals surface area contributed by atoms with Gasteiger partial charge in [-0.25, -0.2) is 4.79 Å². The average molecular weight is 532 g/mol. The molecule has 2 saturated heterocycles. The van der Waals surface area contributed by atoms with Crippen LogP contribution < -0.4 is 4.74 Å². The van der Waals surface area contributed by atoms with E-state index in [2.05, 4.69) is 44.8 Å². The van der Waals surface area contributed by atoms with Gasteiger partial charge in [-0.05, 0) is 63.2 Å². The molecule has 0 aliphatic carbocycles. The first-order valence-corrected chi connectivity index (χ1v) is 16.2. The smallest absolute Gasteiger partial charge is 0.410 e. The Hall–Kier alpha value is -2.12. The summed E-state index contributed by atoms with van der Waals surface area (Å²) in [5.41, 5.74) is 0.0519. The van der Waals surface area contributed by atoms with Crippen LogP contribution in [0.4, 0.5) is 4.79 Å². The third-order valence-electron chi connectivity index (χ3n) is 7.73. The van der Waals surface area contributed by atoms with Crippen LogP contribution in [0, 0.1) is 23.2 Å². The molecule has 2 aliphatic heterocycles. The second kappa shape index (κ2) is 11.3. The number of carbonyl (C=O) groups excluding carboxylic acids is 1. The standard InChI is InChI=1S/C28H45N3O5Si/c1-27(2,3)35-26(33)31-18-21-16-30(17-22(19-31)25(21)32)24(36-37(7,8)28(4,5)6)13-14-34-23-11-9-20(15-29)10-12-23/h9-12,21-22,24-25,32H,13-14,16-19H2,1-8H3. The molecule has 1 N–H and O–H groups in total. The van der Waals surface area contributed by atoms with Crippen LogP contribution in [0.1, 0.15) is 53.5 Å². The van der Waals surface area contributed by atoms with Crippen LogP contribution in [0.2, 0.25) is 18.1 Å². The molecule has 3 rings (SSSR count). The summed E-state index contributed by atoms with van der Waals surface area (Å²) in [6, 6.07) is 9.26. The van der Waals surface area contributed by atoms with E-state index < -0.39 is 20.0 Å². The van der Waals surface area contributed by atoms with Crippen molar-refractivity contribution in [2.45, 2.75) is 84.0 Å². The van der Waals surface area contributed by atoms with Gasteiger partial charge in [-0.15, -0.1) is 0 Å². The number of piperidine rings is 2. The Labute approximate surface area is 223 Å². The molecule has 8 nitrogen and oxygen atoms in total. The predicted octanol–water partition coefficient (Wildman–Crippen LogP) is 4.83. The Morgan fingerprint density at radius 3 is 2.14 bits per heavy atom. The van der Waals surface area contributed by atoms with Gasteiger partial charge in [0.2, 0.25) is 0 Å². The fourth-order valence-electron chi connectivity index (χ4n) is 4.70. The Balaban J connectivity index is 1.71. The van der Waals surface area contributed by atoms with Crippen molar-refractivity contribution in [1.82, 2.24) is 9.80 Å². The van der Waals surface area contributed by atoms with E-state index in [4.69, 9.17) is 19.2 Å². The number of rotatable bonds is 7. The highest BCUT2D eigenvalue weighted by molar-refractivity contribution is 6.74. The van der Waals surface area contributed by atoms with Crippen molar-refractivity contribution in [3.63, 3.8) is 0 Å². The molecule has 0 radical (unpaired) electrons. The van der Waals surface area contributed by atoms with Crippen LogP contribution in [0.15, 0.2) is 24.3 Å². The fraction of sp³-hybridized carbons (Fsp3) is 0.714. The average Bonchev–Trinajstić information content (AvgIpc) is 2.76. The van der Waals surface area contributed by atoms with Gasteiger partial charge >= 0.3 is 6.09 Å². The van der Waals surface area contributed by atoms with Gasteiger partial charge in [0, 0.05) is 44.4 Å². The highest BCUT2D eigenvalue weighted by Gasteiger charge is 2.47. The van der Waals surface area contributed by atoms with Crippen molar-refractivity contribution in [3.8, 4) is 11.8 Å². The molecular weight excluding hydrogens is 486 g/mol. The normalized spacial score (nSPS) is 23.8. The quantitative estimate of drug-likeness (QED) is 0.503. The number of aliphatic hydroxyl groups excluding tert-OH is 1. The molecular formula is C28H45N3O5Si. The molecule has 2 heterocycles. The number of nitriles is 1. The zero-order valence-electron chi connectivity index (χ0n) is 23.8. The third-order valence-corrected chi connectivity index (χ3v) is 12.2. The monoisotopic (exact) mass is 531 g/mol. The van der Waals surface area contributed by atoms with Gasteiger partial charge in [0.15, 0.2) is 8.32 Å². The van der Waals surface area contributed by atoms with Crippen LogP contribution in [0.5, 0.6) is 5.75 Å². The summed E-state index contributed by atoms with van der Waals surface area (Å²) < 4.78 is 18.5. The molecule has 0 saturated carbocycles. The number of aliphatic hydroxyl groups is 1. The van der Waals surface area contributed by atoms with Crippen molar-refractivity contribution < 1.29 is 23.8 Å². The van der Waals surface area contributed by atoms with Gasteiger partial charge in [-0.2, -0.15) is 5.26 Å². The van der Waals surface area contributed by atoms with E-state index in [1.807, 2.05) is 32.9 Å². The molecule has 9 heteroatoms. The second-order valence-corrected chi connectivity index (χ2v) is 17.7. The van der Waals surface area contributed by atoms with Gasteiger partial charge in [0.1, 0.15) is 17.6 Å². The van der Waals surface area contributed by atoms with E-state index in [9.17, 15) is 9.90 Å². The molecule has 1 amide bonds. The van der Waals surface area contributed by atoms with Gasteiger partial charge in [-0.3, -0.25) is 4.90 Å². The number of nitrogens with zero attached hydrogens (tertiary/aromatic N) is 3. The number of likely N-dealkylation sites (tertiary alicyclic amines) is 2. The van der Waals surface area contributed by atoms with Crippen molar-refractivity contribution in [1.29, 1.82) is 5.26 Å². The lowest BCUT2D eigenvalue weighted by atomic mass is 9.81. The highest BCUT2D eigenvalue weighted by Crippen LogP contribution is 2.39. The Morgan fingerprint density at radius 1 is 1.08 bits per heavy atom. The molecule has 37 heavy (non-hydrogen) atoms. The molecule has 3 atom stereocenters. The minimum atomic E-state index is -2.09. The number of hydrogen-bond donors (Lipinski definition) is 1. The molecule has 0 aromatic heterocycles. The topological polar surface area (TPSA) is 95.3 Å². The van der Waals surface area contributed by atoms with Gasteiger partial charge in [-0.1, -0.05) is 20.8 Å². The van der Waals surface area contributed by atoms with E-state index in [0.29, 0.717) is 44.8 Å². The maximum Gasteiger partial charge on any atom is 0.410 e. The zero-order valence-corrected chi connectivity index (χ0v) is 24.8. The zero-order chi connectivity index (χ0) is 27.6. The lowest BCUT2D eigenvalue weighted by Gasteiger charge is -2.52. The summed E-state index contributed by atoms with van der Waals surface area (Å²) in [7, 11) is -2.09. The van der Waals surface area contributed by atoms with Crippen LogP contribution in [-0.4, -0.2) is 80.0 Å². The number of hydrogen-bond acceptors (Lipinski definition) is 7. The first-order valence-electron chi connectivity index (χ1n) is 13.3. The fourth-order valence-corrected chi connectivity index (χ4v) is 6.00. The van der Waals surface area contributed by atoms with Crippen molar-refractivity contribution >= 4 is 14.4 Å². The third kappa shape index (κ3) is 7.70. The number of fused-ring (bicyclic) bond motifs is 2. The van der Waals surface area contributed by atoms with Crippen LogP contribution >= 0.6 is 0 Å². The summed E-state index contributed by atoms with van der Waals surface area (Å²) in [5, 5.41) is 20.0. The lowest BCUT2D eigenvalue weighted by Crippen LogP contribution is -2.64.